The minimum absolute atomic E-state index is 0.0144. The highest BCUT2D eigenvalue weighted by Crippen LogP contribution is 2.41. The smallest absolute Gasteiger partial charge is 0.246 e. The van der Waals surface area contributed by atoms with Gasteiger partial charge in [0.25, 0.3) is 0 Å². The summed E-state index contributed by atoms with van der Waals surface area (Å²) >= 11 is 0. The standard InChI is InChI=1S/C50H40B2N2/c1-49(2,3)29-23-24-37-34(25-29)35-26-30(50(4,5)6)27-39-45(35)51(37)38-19-14-22-42-46(38)52(39)47-44-33-18-11-13-21-41(33)53(31-15-8-7-9-16-31)43(44)28-36-32-17-10-12-20-40(32)54(42)48(36)47/h7-28H,1-6H3. The van der Waals surface area contributed by atoms with Gasteiger partial charge in [-0.25, -0.2) is 0 Å². The van der Waals surface area contributed by atoms with Crippen LogP contribution in [-0.2, 0) is 10.8 Å². The van der Waals surface area contributed by atoms with Gasteiger partial charge in [-0.2, -0.15) is 0 Å². The zero-order chi connectivity index (χ0) is 36.4. The molecule has 0 saturated carbocycles. The number of hydrogen-bond donors (Lipinski definition) is 0. The summed E-state index contributed by atoms with van der Waals surface area (Å²) in [6.45, 7) is 14.4. The fraction of sp³-hybridized carbons (Fsp3) is 0.160. The van der Waals surface area contributed by atoms with E-state index in [2.05, 4.69) is 184 Å². The first kappa shape index (κ1) is 30.7. The number of aromatic nitrogens is 2. The molecule has 0 fully saturated rings. The second kappa shape index (κ2) is 10.1. The van der Waals surface area contributed by atoms with Crippen LogP contribution in [0, 0.1) is 0 Å². The van der Waals surface area contributed by atoms with E-state index in [9.17, 15) is 0 Å². The second-order valence-corrected chi connectivity index (χ2v) is 18.1. The van der Waals surface area contributed by atoms with Crippen molar-refractivity contribution in [2.75, 3.05) is 0 Å². The van der Waals surface area contributed by atoms with Crippen molar-refractivity contribution in [1.29, 1.82) is 0 Å². The lowest BCUT2D eigenvalue weighted by Gasteiger charge is -2.37. The predicted octanol–water partition coefficient (Wildman–Crippen LogP) is 8.12. The van der Waals surface area contributed by atoms with Gasteiger partial charge in [-0.3, -0.25) is 0 Å². The molecular weight excluding hydrogens is 650 g/mol. The summed E-state index contributed by atoms with van der Waals surface area (Å²) in [5.74, 6) is 0. The van der Waals surface area contributed by atoms with Gasteiger partial charge in [0.1, 0.15) is 0 Å². The molecule has 0 N–H and O–H groups in total. The molecule has 3 aliphatic rings. The van der Waals surface area contributed by atoms with Crippen molar-refractivity contribution in [2.45, 2.75) is 52.4 Å². The monoisotopic (exact) mass is 690 g/mol. The van der Waals surface area contributed by atoms with E-state index in [1.807, 2.05) is 0 Å². The number of hydrogen-bond acceptors (Lipinski definition) is 0. The lowest BCUT2D eigenvalue weighted by atomic mass is 9.21. The summed E-state index contributed by atoms with van der Waals surface area (Å²) < 4.78 is 5.14. The third kappa shape index (κ3) is 3.74. The Labute approximate surface area is 317 Å². The highest BCUT2D eigenvalue weighted by molar-refractivity contribution is 7.14. The molecule has 3 aliphatic heterocycles. The summed E-state index contributed by atoms with van der Waals surface area (Å²) in [5, 5.41) is 5.32. The van der Waals surface area contributed by atoms with E-state index in [0.717, 1.165) is 0 Å². The fourth-order valence-corrected chi connectivity index (χ4v) is 10.7. The fourth-order valence-electron chi connectivity index (χ4n) is 10.7. The zero-order valence-electron chi connectivity index (χ0n) is 31.8. The predicted molar refractivity (Wildman–Crippen MR) is 234 cm³/mol. The Kier molecular flexibility index (Phi) is 5.72. The summed E-state index contributed by atoms with van der Waals surface area (Å²) in [6, 6.07) is 51.4. The van der Waals surface area contributed by atoms with Gasteiger partial charge in [0, 0.05) is 32.9 Å². The third-order valence-corrected chi connectivity index (χ3v) is 13.1. The van der Waals surface area contributed by atoms with Gasteiger partial charge in [0.2, 0.25) is 13.4 Å². The first-order valence-corrected chi connectivity index (χ1v) is 19.6. The normalized spacial score (nSPS) is 14.0. The van der Waals surface area contributed by atoms with Crippen LogP contribution in [0.1, 0.15) is 52.7 Å². The first-order chi connectivity index (χ1) is 26.1. The third-order valence-electron chi connectivity index (χ3n) is 13.1. The van der Waals surface area contributed by atoms with Crippen molar-refractivity contribution in [3.05, 3.63) is 145 Å². The molecule has 0 amide bonds. The van der Waals surface area contributed by atoms with Crippen molar-refractivity contribution in [1.82, 2.24) is 9.13 Å². The number of benzene rings is 7. The van der Waals surface area contributed by atoms with Crippen molar-refractivity contribution >= 4 is 89.8 Å². The van der Waals surface area contributed by atoms with Crippen molar-refractivity contribution in [2.24, 2.45) is 0 Å². The van der Waals surface area contributed by atoms with E-state index in [0.29, 0.717) is 0 Å². The summed E-state index contributed by atoms with van der Waals surface area (Å²) in [5.41, 5.74) is 22.2. The maximum absolute atomic E-state index is 2.63. The summed E-state index contributed by atoms with van der Waals surface area (Å²) in [4.78, 5) is 0. The average molecular weight is 691 g/mol. The molecule has 0 unspecified atom stereocenters. The molecule has 0 aliphatic carbocycles. The number of rotatable bonds is 1. The van der Waals surface area contributed by atoms with Crippen LogP contribution in [0.2, 0.25) is 0 Å². The molecule has 0 radical (unpaired) electrons. The van der Waals surface area contributed by atoms with Gasteiger partial charge in [-0.1, -0.05) is 160 Å². The molecule has 12 rings (SSSR count). The average Bonchev–Trinajstić information content (AvgIpc) is 3.80. The van der Waals surface area contributed by atoms with Crippen LogP contribution in [0.5, 0.6) is 0 Å². The van der Waals surface area contributed by atoms with Crippen LogP contribution in [0.4, 0.5) is 0 Å². The van der Waals surface area contributed by atoms with Crippen LogP contribution in [-0.4, -0.2) is 22.6 Å². The van der Waals surface area contributed by atoms with Crippen LogP contribution >= 0.6 is 0 Å². The van der Waals surface area contributed by atoms with E-state index in [4.69, 9.17) is 0 Å². The maximum Gasteiger partial charge on any atom is 0.246 e. The van der Waals surface area contributed by atoms with E-state index < -0.39 is 0 Å². The molecule has 2 nitrogen and oxygen atoms in total. The number of fused-ring (bicyclic) bond motifs is 14. The van der Waals surface area contributed by atoms with Crippen LogP contribution < -0.4 is 32.8 Å². The Morgan fingerprint density at radius 3 is 1.87 bits per heavy atom. The zero-order valence-corrected chi connectivity index (χ0v) is 31.8. The Balaban J connectivity index is 1.32. The summed E-state index contributed by atoms with van der Waals surface area (Å²) in [6.07, 6.45) is 0. The molecule has 256 valence electrons. The Morgan fingerprint density at radius 1 is 0.426 bits per heavy atom. The molecular formula is C50H40B2N2. The molecule has 9 aromatic rings. The van der Waals surface area contributed by atoms with Gasteiger partial charge in [-0.05, 0) is 80.4 Å². The molecule has 7 aromatic carbocycles. The Morgan fingerprint density at radius 2 is 1.11 bits per heavy atom. The minimum atomic E-state index is -0.0144. The van der Waals surface area contributed by atoms with Crippen LogP contribution in [0.25, 0.3) is 66.1 Å². The van der Waals surface area contributed by atoms with Crippen LogP contribution in [0.3, 0.4) is 0 Å². The highest BCUT2D eigenvalue weighted by Gasteiger charge is 2.49. The molecule has 54 heavy (non-hydrogen) atoms. The van der Waals surface area contributed by atoms with Gasteiger partial charge < -0.3 is 9.13 Å². The maximum atomic E-state index is 2.63. The number of para-hydroxylation sites is 3. The lowest BCUT2D eigenvalue weighted by molar-refractivity contribution is 0.590. The van der Waals surface area contributed by atoms with Crippen molar-refractivity contribution in [3.63, 3.8) is 0 Å². The topological polar surface area (TPSA) is 9.86 Å². The van der Waals surface area contributed by atoms with Gasteiger partial charge in [-0.15, -0.1) is 0 Å². The molecule has 0 atom stereocenters. The molecule has 4 heteroatoms. The Hall–Kier alpha value is -5.73. The van der Waals surface area contributed by atoms with E-state index >= 15 is 0 Å². The van der Waals surface area contributed by atoms with E-state index in [1.54, 1.807) is 0 Å². The minimum Gasteiger partial charge on any atom is -0.310 e. The SMILES string of the molecule is CC(C)(C)c1ccc2c(c1)-c1cc(C(C)(C)C)cc3c1B2c1cccc2c1B3c1c3c4ccccc4n(-c4ccccc4)c3cc3c4ccccc4n-2c13. The van der Waals surface area contributed by atoms with Gasteiger partial charge >= 0.3 is 0 Å². The van der Waals surface area contributed by atoms with E-state index in [-0.39, 0.29) is 24.3 Å². The van der Waals surface area contributed by atoms with Crippen molar-refractivity contribution < 1.29 is 0 Å². The first-order valence-electron chi connectivity index (χ1n) is 19.6. The second-order valence-electron chi connectivity index (χ2n) is 18.1. The number of nitrogens with zero attached hydrogens (tertiary/aromatic N) is 2. The Bertz CT molecular complexity index is 3130. The molecule has 0 bridgehead atoms. The van der Waals surface area contributed by atoms with Gasteiger partial charge in [0.15, 0.2) is 0 Å². The van der Waals surface area contributed by atoms with Crippen LogP contribution in [0.15, 0.2) is 133 Å². The molecule has 5 heterocycles. The lowest BCUT2D eigenvalue weighted by Crippen LogP contribution is -2.75. The highest BCUT2D eigenvalue weighted by atomic mass is 15.0. The van der Waals surface area contributed by atoms with Gasteiger partial charge in [0.05, 0.1) is 22.1 Å². The van der Waals surface area contributed by atoms with Crippen molar-refractivity contribution in [3.8, 4) is 22.5 Å². The van der Waals surface area contributed by atoms with E-state index in [1.165, 1.54) is 110 Å². The largest absolute Gasteiger partial charge is 0.310 e. The quantitative estimate of drug-likeness (QED) is 0.154. The molecule has 2 aromatic heterocycles. The molecule has 0 saturated heterocycles. The summed E-state index contributed by atoms with van der Waals surface area (Å²) in [7, 11) is 0. The molecule has 0 spiro atoms.